The number of para-hydroxylation sites is 2. The highest BCUT2D eigenvalue weighted by atomic mass is 32.2. The van der Waals surface area contributed by atoms with Gasteiger partial charge in [-0.3, -0.25) is 0 Å². The fourth-order valence-corrected chi connectivity index (χ4v) is 5.26. The molecular formula is C27H32N2S. The maximum absolute atomic E-state index is 2.59. The lowest BCUT2D eigenvalue weighted by Gasteiger charge is -2.29. The van der Waals surface area contributed by atoms with Crippen LogP contribution >= 0.6 is 11.8 Å². The zero-order valence-corrected chi connectivity index (χ0v) is 19.3. The molecule has 0 amide bonds. The Morgan fingerprint density at radius 1 is 0.667 bits per heavy atom. The summed E-state index contributed by atoms with van der Waals surface area (Å²) in [7, 11) is 0. The van der Waals surface area contributed by atoms with Gasteiger partial charge in [-0.05, 0) is 47.2 Å². The summed E-state index contributed by atoms with van der Waals surface area (Å²) in [5, 5.41) is 0. The van der Waals surface area contributed by atoms with Gasteiger partial charge in [0.05, 0.1) is 12.4 Å². The molecule has 1 fully saturated rings. The zero-order chi connectivity index (χ0) is 21.1. The van der Waals surface area contributed by atoms with Gasteiger partial charge in [0, 0.05) is 28.6 Å². The third kappa shape index (κ3) is 4.37. The van der Waals surface area contributed by atoms with Gasteiger partial charge in [0.2, 0.25) is 0 Å². The number of hydrogen-bond donors (Lipinski definition) is 0. The highest BCUT2D eigenvalue weighted by molar-refractivity contribution is 7.99. The summed E-state index contributed by atoms with van der Waals surface area (Å²) in [4.78, 5) is 7.74. The van der Waals surface area contributed by atoms with E-state index >= 15 is 0 Å². The van der Waals surface area contributed by atoms with Crippen molar-refractivity contribution in [3.63, 3.8) is 0 Å². The first kappa shape index (κ1) is 20.9. The first-order chi connectivity index (χ1) is 14.5. The minimum Gasteiger partial charge on any atom is -0.352 e. The molecule has 0 N–H and O–H groups in total. The van der Waals surface area contributed by atoms with Crippen LogP contribution in [-0.4, -0.2) is 19.8 Å². The van der Waals surface area contributed by atoms with Crippen LogP contribution in [0.1, 0.15) is 50.7 Å². The molecule has 0 unspecified atom stereocenters. The summed E-state index contributed by atoms with van der Waals surface area (Å²) >= 11 is 1.85. The molecule has 3 heteroatoms. The van der Waals surface area contributed by atoms with Crippen LogP contribution < -0.4 is 9.80 Å². The minimum absolute atomic E-state index is 0.522. The monoisotopic (exact) mass is 416 g/mol. The fraction of sp³-hybridized carbons (Fsp3) is 0.333. The first-order valence-electron chi connectivity index (χ1n) is 11.0. The van der Waals surface area contributed by atoms with Crippen LogP contribution in [0.15, 0.2) is 82.6 Å². The Labute approximate surface area is 185 Å². The predicted octanol–water partition coefficient (Wildman–Crippen LogP) is 7.37. The van der Waals surface area contributed by atoms with Crippen LogP contribution in [0.25, 0.3) is 0 Å². The van der Waals surface area contributed by atoms with Gasteiger partial charge in [0.25, 0.3) is 0 Å². The van der Waals surface area contributed by atoms with E-state index < -0.39 is 0 Å². The lowest BCUT2D eigenvalue weighted by molar-refractivity contribution is 0.807. The second-order valence-electron chi connectivity index (χ2n) is 8.65. The third-order valence-electron chi connectivity index (χ3n) is 5.82. The van der Waals surface area contributed by atoms with Gasteiger partial charge >= 0.3 is 0 Å². The summed E-state index contributed by atoms with van der Waals surface area (Å²) in [5.41, 5.74) is 5.73. The second-order valence-corrected chi connectivity index (χ2v) is 9.76. The van der Waals surface area contributed by atoms with Crippen molar-refractivity contribution in [1.82, 2.24) is 0 Å². The number of hydrogen-bond acceptors (Lipinski definition) is 3. The van der Waals surface area contributed by atoms with Gasteiger partial charge in [-0.1, -0.05) is 88.0 Å². The standard InChI is InChI=1S/C27H32N2S/c1-20(2)23-13-10-14-24(21(3)4)27(23)29-18-17-28(19-29)25-15-8-9-16-26(25)30-22-11-6-5-7-12-22/h5-16,20-21H,17-19H2,1-4H3. The molecule has 1 aliphatic rings. The minimum atomic E-state index is 0.522. The molecular weight excluding hydrogens is 384 g/mol. The Kier molecular flexibility index (Phi) is 6.38. The van der Waals surface area contributed by atoms with Crippen LogP contribution in [0.2, 0.25) is 0 Å². The van der Waals surface area contributed by atoms with E-state index in [-0.39, 0.29) is 0 Å². The van der Waals surface area contributed by atoms with Crippen molar-refractivity contribution < 1.29 is 0 Å². The summed E-state index contributed by atoms with van der Waals surface area (Å²) in [6.45, 7) is 12.3. The maximum Gasteiger partial charge on any atom is 0.0904 e. The van der Waals surface area contributed by atoms with Crippen molar-refractivity contribution in [3.05, 3.63) is 83.9 Å². The van der Waals surface area contributed by atoms with E-state index in [0.29, 0.717) is 11.8 Å². The third-order valence-corrected chi connectivity index (χ3v) is 6.89. The Morgan fingerprint density at radius 2 is 1.27 bits per heavy atom. The van der Waals surface area contributed by atoms with Crippen molar-refractivity contribution in [2.75, 3.05) is 29.6 Å². The molecule has 0 aliphatic carbocycles. The second kappa shape index (κ2) is 9.18. The van der Waals surface area contributed by atoms with Gasteiger partial charge in [-0.15, -0.1) is 0 Å². The van der Waals surface area contributed by atoms with Crippen molar-refractivity contribution in [3.8, 4) is 0 Å². The molecule has 1 heterocycles. The van der Waals surface area contributed by atoms with E-state index in [2.05, 4.69) is 110 Å². The normalized spacial score (nSPS) is 14.2. The number of anilines is 2. The van der Waals surface area contributed by atoms with E-state index in [1.807, 2.05) is 11.8 Å². The Morgan fingerprint density at radius 3 is 1.93 bits per heavy atom. The molecule has 0 saturated carbocycles. The molecule has 0 atom stereocenters. The van der Waals surface area contributed by atoms with Crippen molar-refractivity contribution in [2.45, 2.75) is 49.3 Å². The molecule has 0 spiro atoms. The average Bonchev–Trinajstić information content (AvgIpc) is 3.24. The predicted molar refractivity (Wildman–Crippen MR) is 131 cm³/mol. The lowest BCUT2D eigenvalue weighted by Crippen LogP contribution is -2.27. The highest BCUT2D eigenvalue weighted by Gasteiger charge is 2.27. The van der Waals surface area contributed by atoms with Crippen LogP contribution in [0.3, 0.4) is 0 Å². The van der Waals surface area contributed by atoms with E-state index in [9.17, 15) is 0 Å². The Balaban J connectivity index is 1.63. The topological polar surface area (TPSA) is 6.48 Å². The van der Waals surface area contributed by atoms with Gasteiger partial charge in [-0.2, -0.15) is 0 Å². The number of rotatable bonds is 6. The molecule has 1 aliphatic heterocycles. The van der Waals surface area contributed by atoms with Gasteiger partial charge < -0.3 is 9.80 Å². The van der Waals surface area contributed by atoms with Crippen LogP contribution in [-0.2, 0) is 0 Å². The van der Waals surface area contributed by atoms with Crippen LogP contribution in [0.4, 0.5) is 11.4 Å². The molecule has 4 rings (SSSR count). The molecule has 0 bridgehead atoms. The molecule has 3 aromatic carbocycles. The summed E-state index contributed by atoms with van der Waals surface area (Å²) in [6, 6.07) is 26.3. The molecule has 0 aromatic heterocycles. The van der Waals surface area contributed by atoms with Gasteiger partial charge in [-0.25, -0.2) is 0 Å². The molecule has 156 valence electrons. The molecule has 3 aromatic rings. The SMILES string of the molecule is CC(C)c1cccc(C(C)C)c1N1CCN(c2ccccc2Sc2ccccc2)C1. The van der Waals surface area contributed by atoms with Crippen molar-refractivity contribution >= 4 is 23.1 Å². The summed E-state index contributed by atoms with van der Waals surface area (Å²) < 4.78 is 0. The number of benzene rings is 3. The highest BCUT2D eigenvalue weighted by Crippen LogP contribution is 2.39. The largest absolute Gasteiger partial charge is 0.352 e. The van der Waals surface area contributed by atoms with Gasteiger partial charge in [0.1, 0.15) is 0 Å². The summed E-state index contributed by atoms with van der Waals surface area (Å²) in [5.74, 6) is 1.04. The molecule has 2 nitrogen and oxygen atoms in total. The molecule has 1 saturated heterocycles. The molecule has 30 heavy (non-hydrogen) atoms. The quantitative estimate of drug-likeness (QED) is 0.414. The number of nitrogens with zero attached hydrogens (tertiary/aromatic N) is 2. The van der Waals surface area contributed by atoms with Gasteiger partial charge in [0.15, 0.2) is 0 Å². The average molecular weight is 417 g/mol. The van der Waals surface area contributed by atoms with Crippen LogP contribution in [0, 0.1) is 0 Å². The fourth-order valence-electron chi connectivity index (χ4n) is 4.27. The van der Waals surface area contributed by atoms with Crippen molar-refractivity contribution in [2.24, 2.45) is 0 Å². The van der Waals surface area contributed by atoms with E-state index in [0.717, 1.165) is 19.8 Å². The van der Waals surface area contributed by atoms with Crippen LogP contribution in [0.5, 0.6) is 0 Å². The van der Waals surface area contributed by atoms with E-state index in [1.54, 1.807) is 0 Å². The Bertz CT molecular complexity index is 955. The Hall–Kier alpha value is -2.39. The maximum atomic E-state index is 2.59. The first-order valence-corrected chi connectivity index (χ1v) is 11.8. The van der Waals surface area contributed by atoms with E-state index in [4.69, 9.17) is 0 Å². The smallest absolute Gasteiger partial charge is 0.0904 e. The van der Waals surface area contributed by atoms with E-state index in [1.165, 1.54) is 32.3 Å². The van der Waals surface area contributed by atoms with Crippen molar-refractivity contribution in [1.29, 1.82) is 0 Å². The summed E-state index contributed by atoms with van der Waals surface area (Å²) in [6.07, 6.45) is 0. The molecule has 0 radical (unpaired) electrons. The zero-order valence-electron chi connectivity index (χ0n) is 18.5. The lowest BCUT2D eigenvalue weighted by atomic mass is 9.92.